The number of hydrogen-bond acceptors (Lipinski definition) is 5. The van der Waals surface area contributed by atoms with Crippen LogP contribution in [0.1, 0.15) is 36.0 Å². The minimum Gasteiger partial charge on any atom is -0.494 e. The molecule has 0 atom stereocenters. The van der Waals surface area contributed by atoms with Crippen molar-refractivity contribution in [2.24, 2.45) is 0 Å². The lowest BCUT2D eigenvalue weighted by atomic mass is 10.1. The Balaban J connectivity index is 1.45. The first kappa shape index (κ1) is 20.6. The molecule has 0 saturated heterocycles. The summed E-state index contributed by atoms with van der Waals surface area (Å²) in [4.78, 5) is 16.8. The first-order chi connectivity index (χ1) is 14.0. The number of aromatic nitrogens is 3. The zero-order valence-corrected chi connectivity index (χ0v) is 17.5. The molecule has 1 amide bonds. The van der Waals surface area contributed by atoms with E-state index in [9.17, 15) is 4.79 Å². The van der Waals surface area contributed by atoms with E-state index in [1.807, 2.05) is 62.5 Å². The number of nitrogens with zero attached hydrogens (tertiary/aromatic N) is 3. The largest absolute Gasteiger partial charge is 0.494 e. The van der Waals surface area contributed by atoms with Crippen LogP contribution in [0.4, 0.5) is 0 Å². The third-order valence-corrected chi connectivity index (χ3v) is 4.72. The molecule has 3 rings (SSSR count). The summed E-state index contributed by atoms with van der Waals surface area (Å²) < 4.78 is 12.9. The van der Waals surface area contributed by atoms with Gasteiger partial charge in [0.1, 0.15) is 18.1 Å². The van der Waals surface area contributed by atoms with Crippen LogP contribution in [0.25, 0.3) is 5.65 Å². The quantitative estimate of drug-likeness (QED) is 0.562. The second kappa shape index (κ2) is 9.41. The molecule has 0 bridgehead atoms. The second-order valence-electron chi connectivity index (χ2n) is 6.92. The van der Waals surface area contributed by atoms with Gasteiger partial charge < -0.3 is 14.8 Å². The van der Waals surface area contributed by atoms with Gasteiger partial charge in [-0.25, -0.2) is 9.50 Å². The Morgan fingerprint density at radius 2 is 1.79 bits per heavy atom. The number of aryl methyl sites for hydroxylation is 3. The minimum absolute atomic E-state index is 0.00386. The van der Waals surface area contributed by atoms with Crippen molar-refractivity contribution in [3.63, 3.8) is 0 Å². The van der Waals surface area contributed by atoms with E-state index in [1.54, 1.807) is 0 Å². The van der Waals surface area contributed by atoms with E-state index in [4.69, 9.17) is 9.47 Å². The van der Waals surface area contributed by atoms with E-state index in [-0.39, 0.29) is 5.91 Å². The fourth-order valence-corrected chi connectivity index (χ4v) is 3.29. The summed E-state index contributed by atoms with van der Waals surface area (Å²) in [7, 11) is 0. The van der Waals surface area contributed by atoms with Crippen molar-refractivity contribution in [3.05, 3.63) is 53.0 Å². The van der Waals surface area contributed by atoms with Crippen LogP contribution in [-0.2, 0) is 11.2 Å². The third-order valence-electron chi connectivity index (χ3n) is 4.72. The van der Waals surface area contributed by atoms with Gasteiger partial charge in [0.25, 0.3) is 0 Å². The first-order valence-corrected chi connectivity index (χ1v) is 9.92. The molecule has 0 aliphatic heterocycles. The maximum Gasteiger partial charge on any atom is 0.220 e. The summed E-state index contributed by atoms with van der Waals surface area (Å²) in [5, 5.41) is 7.38. The summed E-state index contributed by atoms with van der Waals surface area (Å²) in [5.41, 5.74) is 4.83. The number of benzene rings is 1. The Kier molecular flexibility index (Phi) is 6.69. The molecule has 3 aromatic rings. The Morgan fingerprint density at radius 3 is 2.48 bits per heavy atom. The zero-order valence-electron chi connectivity index (χ0n) is 17.5. The average molecular weight is 396 g/mol. The minimum atomic E-state index is -0.00386. The Bertz CT molecular complexity index is 980. The molecule has 0 aliphatic carbocycles. The van der Waals surface area contributed by atoms with Gasteiger partial charge in [0, 0.05) is 23.9 Å². The lowest BCUT2D eigenvalue weighted by molar-refractivity contribution is -0.121. The van der Waals surface area contributed by atoms with Gasteiger partial charge >= 0.3 is 0 Å². The number of carbonyl (C=O) groups is 1. The van der Waals surface area contributed by atoms with Gasteiger partial charge in [-0.2, -0.15) is 5.10 Å². The van der Waals surface area contributed by atoms with Crippen LogP contribution in [0.2, 0.25) is 0 Å². The number of fused-ring (bicyclic) bond motifs is 1. The van der Waals surface area contributed by atoms with E-state index in [2.05, 4.69) is 15.4 Å². The van der Waals surface area contributed by atoms with Gasteiger partial charge in [-0.15, -0.1) is 0 Å². The highest BCUT2D eigenvalue weighted by molar-refractivity contribution is 5.76. The van der Waals surface area contributed by atoms with E-state index in [1.165, 1.54) is 0 Å². The van der Waals surface area contributed by atoms with Gasteiger partial charge in [0.05, 0.1) is 18.8 Å². The van der Waals surface area contributed by atoms with Crippen molar-refractivity contribution in [2.45, 2.75) is 40.5 Å². The lowest BCUT2D eigenvalue weighted by Gasteiger charge is -2.11. The summed E-state index contributed by atoms with van der Waals surface area (Å²) >= 11 is 0. The van der Waals surface area contributed by atoms with Crippen LogP contribution in [0.3, 0.4) is 0 Å². The lowest BCUT2D eigenvalue weighted by Crippen LogP contribution is -2.28. The average Bonchev–Trinajstić information content (AvgIpc) is 3.07. The molecule has 0 fully saturated rings. The van der Waals surface area contributed by atoms with Crippen LogP contribution >= 0.6 is 0 Å². The number of carbonyl (C=O) groups excluding carboxylic acids is 1. The van der Waals surface area contributed by atoms with E-state index < -0.39 is 0 Å². The Morgan fingerprint density at radius 1 is 1.10 bits per heavy atom. The molecule has 7 heteroatoms. The maximum absolute atomic E-state index is 12.2. The summed E-state index contributed by atoms with van der Waals surface area (Å²) in [6.45, 7) is 9.41. The molecular formula is C22H28N4O3. The molecule has 0 unspecified atom stereocenters. The van der Waals surface area contributed by atoms with Crippen LogP contribution in [0.15, 0.2) is 30.3 Å². The number of hydrogen-bond donors (Lipinski definition) is 1. The predicted octanol–water partition coefficient (Wildman–Crippen LogP) is 3.18. The Hall–Kier alpha value is -3.09. The fraction of sp³-hybridized carbons (Fsp3) is 0.409. The molecule has 29 heavy (non-hydrogen) atoms. The van der Waals surface area contributed by atoms with Gasteiger partial charge in [-0.3, -0.25) is 4.79 Å². The second-order valence-corrected chi connectivity index (χ2v) is 6.92. The topological polar surface area (TPSA) is 77.8 Å². The Labute approximate surface area is 171 Å². The highest BCUT2D eigenvalue weighted by atomic mass is 16.5. The van der Waals surface area contributed by atoms with Crippen molar-refractivity contribution in [3.8, 4) is 11.5 Å². The van der Waals surface area contributed by atoms with Gasteiger partial charge in [-0.1, -0.05) is 0 Å². The van der Waals surface area contributed by atoms with Crippen molar-refractivity contribution >= 4 is 11.6 Å². The molecule has 0 radical (unpaired) electrons. The van der Waals surface area contributed by atoms with Crippen molar-refractivity contribution in [2.75, 3.05) is 19.8 Å². The SMILES string of the molecule is CCOc1ccc(OCCNC(=O)CCc2c(C)nc3cc(C)nn3c2C)cc1. The molecule has 0 spiro atoms. The monoisotopic (exact) mass is 396 g/mol. The molecule has 1 aromatic carbocycles. The van der Waals surface area contributed by atoms with Crippen LogP contribution in [-0.4, -0.2) is 40.3 Å². The number of amides is 1. The number of ether oxygens (including phenoxy) is 2. The van der Waals surface area contributed by atoms with E-state index in [0.717, 1.165) is 39.8 Å². The molecule has 154 valence electrons. The predicted molar refractivity (Wildman–Crippen MR) is 112 cm³/mol. The van der Waals surface area contributed by atoms with Crippen LogP contribution < -0.4 is 14.8 Å². The van der Waals surface area contributed by atoms with E-state index >= 15 is 0 Å². The molecule has 2 aromatic heterocycles. The maximum atomic E-state index is 12.2. The highest BCUT2D eigenvalue weighted by Crippen LogP contribution is 2.18. The standard InChI is InChI=1S/C22H28N4O3/c1-5-28-18-6-8-19(9-7-18)29-13-12-23-22(27)11-10-20-16(3)24-21-14-15(2)25-26(21)17(20)4/h6-9,14H,5,10-13H2,1-4H3,(H,23,27). The fourth-order valence-electron chi connectivity index (χ4n) is 3.29. The van der Waals surface area contributed by atoms with E-state index in [0.29, 0.717) is 32.6 Å². The highest BCUT2D eigenvalue weighted by Gasteiger charge is 2.12. The van der Waals surface area contributed by atoms with Gasteiger partial charge in [-0.05, 0) is 63.9 Å². The smallest absolute Gasteiger partial charge is 0.220 e. The van der Waals surface area contributed by atoms with Crippen LogP contribution in [0.5, 0.6) is 11.5 Å². The zero-order chi connectivity index (χ0) is 20.8. The normalized spacial score (nSPS) is 10.9. The molecule has 1 N–H and O–H groups in total. The first-order valence-electron chi connectivity index (χ1n) is 9.92. The molecule has 2 heterocycles. The molecule has 7 nitrogen and oxygen atoms in total. The summed E-state index contributed by atoms with van der Waals surface area (Å²) in [6.07, 6.45) is 1.03. The van der Waals surface area contributed by atoms with Crippen molar-refractivity contribution < 1.29 is 14.3 Å². The summed E-state index contributed by atoms with van der Waals surface area (Å²) in [6, 6.07) is 9.42. The summed E-state index contributed by atoms with van der Waals surface area (Å²) in [5.74, 6) is 1.57. The van der Waals surface area contributed by atoms with Crippen molar-refractivity contribution in [1.82, 2.24) is 19.9 Å². The van der Waals surface area contributed by atoms with Crippen LogP contribution in [0, 0.1) is 20.8 Å². The van der Waals surface area contributed by atoms with Gasteiger partial charge in [0.15, 0.2) is 5.65 Å². The molecular weight excluding hydrogens is 368 g/mol. The third kappa shape index (κ3) is 5.25. The number of nitrogens with one attached hydrogen (secondary N) is 1. The number of rotatable bonds is 9. The molecule has 0 aliphatic rings. The molecule has 0 saturated carbocycles. The van der Waals surface area contributed by atoms with Gasteiger partial charge in [0.2, 0.25) is 5.91 Å². The van der Waals surface area contributed by atoms with Crippen molar-refractivity contribution in [1.29, 1.82) is 0 Å².